The summed E-state index contributed by atoms with van der Waals surface area (Å²) in [5.41, 5.74) is 14.8. The first-order chi connectivity index (χ1) is 38.0. The zero-order valence-corrected chi connectivity index (χ0v) is 42.5. The van der Waals surface area contributed by atoms with Gasteiger partial charge in [0, 0.05) is 27.1 Å². The fourth-order valence-electron chi connectivity index (χ4n) is 11.8. The molecule has 0 amide bonds. The molecule has 0 radical (unpaired) electrons. The van der Waals surface area contributed by atoms with Crippen LogP contribution in [-0.4, -0.2) is 10.3 Å². The summed E-state index contributed by atoms with van der Waals surface area (Å²) < 4.78 is 9.30. The molecule has 0 spiro atoms. The molecule has 1 unspecified atom stereocenters. The van der Waals surface area contributed by atoms with E-state index in [4.69, 9.17) is 16.0 Å². The highest BCUT2D eigenvalue weighted by atomic mass is 16.3. The van der Waals surface area contributed by atoms with Crippen LogP contribution in [0.25, 0.3) is 109 Å². The third-order valence-electron chi connectivity index (χ3n) is 15.6. The maximum absolute atomic E-state index is 6.89. The van der Waals surface area contributed by atoms with Crippen molar-refractivity contribution in [2.75, 3.05) is 0 Å². The number of fused-ring (bicyclic) bond motifs is 12. The molecule has 14 rings (SSSR count). The standard InChI is InChI=1S/C74H52N2O/c1-3-67(57-37-39-62-60-28-14-13-27-56(60)42-59(64(62)44-57)41-49-20-6-4-7-21-49)75-68(53-35-33-51(34-36-53)50-22-8-5-9-23-50)31-18-19-48(2)58-45-65-63-30-16-17-32-72(63)77-74(65)71(47-58)76-69-40-38-52-24-12-15-29-61(52)73(69)66-43-54-25-10-11-26-55(54)46-70(66)76/h3-18,20-40,42-47,68H,1-2,19,41H2/b31-18+,75-67?. The van der Waals surface area contributed by atoms with Crippen molar-refractivity contribution in [3.05, 3.63) is 302 Å². The van der Waals surface area contributed by atoms with Crippen molar-refractivity contribution in [1.82, 2.24) is 4.57 Å². The Bertz CT molecular complexity index is 4710. The van der Waals surface area contributed by atoms with Gasteiger partial charge in [-0.05, 0) is 143 Å². The summed E-state index contributed by atoms with van der Waals surface area (Å²) in [6.45, 7) is 9.18. The Morgan fingerprint density at radius 3 is 1.95 bits per heavy atom. The van der Waals surface area contributed by atoms with Gasteiger partial charge in [-0.15, -0.1) is 0 Å². The van der Waals surface area contributed by atoms with Crippen LogP contribution in [0, 0.1) is 0 Å². The van der Waals surface area contributed by atoms with Crippen LogP contribution in [-0.2, 0) is 6.42 Å². The first-order valence-corrected chi connectivity index (χ1v) is 26.5. The summed E-state index contributed by atoms with van der Waals surface area (Å²) in [4.78, 5) is 5.57. The molecule has 0 bridgehead atoms. The fourth-order valence-corrected chi connectivity index (χ4v) is 11.8. The first-order valence-electron chi connectivity index (χ1n) is 26.5. The third kappa shape index (κ3) is 8.21. The van der Waals surface area contributed by atoms with Crippen molar-refractivity contribution in [3.8, 4) is 16.8 Å². The maximum Gasteiger partial charge on any atom is 0.159 e. The van der Waals surface area contributed by atoms with Crippen molar-refractivity contribution in [2.24, 2.45) is 4.99 Å². The highest BCUT2D eigenvalue weighted by molar-refractivity contribution is 6.24. The van der Waals surface area contributed by atoms with Crippen LogP contribution in [0.2, 0.25) is 0 Å². The van der Waals surface area contributed by atoms with E-state index in [0.29, 0.717) is 6.42 Å². The quantitative estimate of drug-likeness (QED) is 0.0682. The Morgan fingerprint density at radius 2 is 1.16 bits per heavy atom. The van der Waals surface area contributed by atoms with E-state index in [9.17, 15) is 0 Å². The molecule has 0 saturated carbocycles. The van der Waals surface area contributed by atoms with Crippen LogP contribution in [0.5, 0.6) is 0 Å². The minimum atomic E-state index is -0.310. The molecule has 77 heavy (non-hydrogen) atoms. The molecule has 0 aliphatic rings. The maximum atomic E-state index is 6.89. The Hall–Kier alpha value is -9.83. The summed E-state index contributed by atoms with van der Waals surface area (Å²) in [7, 11) is 0. The van der Waals surface area contributed by atoms with Crippen LogP contribution in [0.1, 0.15) is 40.3 Å². The largest absolute Gasteiger partial charge is 0.454 e. The van der Waals surface area contributed by atoms with Gasteiger partial charge in [-0.2, -0.15) is 0 Å². The number of hydrogen-bond donors (Lipinski definition) is 0. The molecule has 3 heteroatoms. The number of nitrogens with zero attached hydrogens (tertiary/aromatic N) is 2. The SMILES string of the molecule is C=CC(=NC(/C=C/CC(=C)c1cc(-n2c3cc4ccccc4cc3c3c4ccccc4ccc32)c2oc3ccccc3c2c1)c1ccc(-c2ccccc2)cc1)c1ccc2c(c1)c(Cc1ccccc1)cc1ccccc12. The Kier molecular flexibility index (Phi) is 11.4. The normalized spacial score (nSPS) is 12.6. The lowest BCUT2D eigenvalue weighted by Gasteiger charge is -2.15. The molecule has 364 valence electrons. The van der Waals surface area contributed by atoms with Crippen LogP contribution in [0.3, 0.4) is 0 Å². The predicted molar refractivity (Wildman–Crippen MR) is 328 cm³/mol. The van der Waals surface area contributed by atoms with E-state index in [0.717, 1.165) is 78.6 Å². The molecular weight excluding hydrogens is 933 g/mol. The van der Waals surface area contributed by atoms with Gasteiger partial charge < -0.3 is 8.98 Å². The monoisotopic (exact) mass is 984 g/mol. The summed E-state index contributed by atoms with van der Waals surface area (Å²) >= 11 is 0. The minimum absolute atomic E-state index is 0.310. The lowest BCUT2D eigenvalue weighted by Crippen LogP contribution is -2.02. The molecule has 0 fully saturated rings. The van der Waals surface area contributed by atoms with Gasteiger partial charge >= 0.3 is 0 Å². The number of allylic oxidation sites excluding steroid dienone is 3. The number of aromatic nitrogens is 1. The fraction of sp³-hybridized carbons (Fsp3) is 0.0405. The van der Waals surface area contributed by atoms with E-state index >= 15 is 0 Å². The minimum Gasteiger partial charge on any atom is -0.454 e. The van der Waals surface area contributed by atoms with Crippen LogP contribution >= 0.6 is 0 Å². The number of aliphatic imine (C=N–C) groups is 1. The highest BCUT2D eigenvalue weighted by Crippen LogP contribution is 2.43. The summed E-state index contributed by atoms with van der Waals surface area (Å²) in [5, 5.41) is 14.3. The van der Waals surface area contributed by atoms with E-state index in [1.165, 1.54) is 70.6 Å². The predicted octanol–water partition coefficient (Wildman–Crippen LogP) is 19.9. The Labute approximate surface area is 447 Å². The first kappa shape index (κ1) is 45.8. The molecule has 0 N–H and O–H groups in total. The van der Waals surface area contributed by atoms with Gasteiger partial charge in [0.1, 0.15) is 5.58 Å². The van der Waals surface area contributed by atoms with Gasteiger partial charge in [0.15, 0.2) is 5.58 Å². The highest BCUT2D eigenvalue weighted by Gasteiger charge is 2.22. The van der Waals surface area contributed by atoms with E-state index in [1.54, 1.807) is 0 Å². The van der Waals surface area contributed by atoms with Gasteiger partial charge in [-0.3, -0.25) is 4.99 Å². The summed E-state index contributed by atoms with van der Waals surface area (Å²) in [6, 6.07) is 87.1. The molecule has 14 aromatic rings. The third-order valence-corrected chi connectivity index (χ3v) is 15.6. The Balaban J connectivity index is 0.882. The van der Waals surface area contributed by atoms with Crippen LogP contribution in [0.15, 0.2) is 283 Å². The van der Waals surface area contributed by atoms with E-state index in [1.807, 2.05) is 12.1 Å². The zero-order chi connectivity index (χ0) is 51.4. The molecule has 0 aliphatic heterocycles. The summed E-state index contributed by atoms with van der Waals surface area (Å²) in [6.07, 6.45) is 7.81. The van der Waals surface area contributed by atoms with E-state index in [-0.39, 0.29) is 6.04 Å². The van der Waals surface area contributed by atoms with E-state index < -0.39 is 0 Å². The lowest BCUT2D eigenvalue weighted by atomic mass is 9.91. The topological polar surface area (TPSA) is 30.4 Å². The second kappa shape index (κ2) is 19.1. The average molecular weight is 985 g/mol. The van der Waals surface area contributed by atoms with Crippen LogP contribution in [0.4, 0.5) is 0 Å². The van der Waals surface area contributed by atoms with Gasteiger partial charge in [0.2, 0.25) is 0 Å². The van der Waals surface area contributed by atoms with Crippen molar-refractivity contribution in [1.29, 1.82) is 0 Å². The smallest absolute Gasteiger partial charge is 0.159 e. The Morgan fingerprint density at radius 1 is 0.494 bits per heavy atom. The second-order valence-corrected chi connectivity index (χ2v) is 20.3. The van der Waals surface area contributed by atoms with E-state index in [2.05, 4.69) is 260 Å². The molecule has 1 atom stereocenters. The number of furan rings is 1. The second-order valence-electron chi connectivity index (χ2n) is 20.3. The van der Waals surface area contributed by atoms with Crippen molar-refractivity contribution in [2.45, 2.75) is 18.9 Å². The molecule has 2 heterocycles. The molecule has 2 aromatic heterocycles. The zero-order valence-electron chi connectivity index (χ0n) is 42.5. The molecule has 12 aromatic carbocycles. The van der Waals surface area contributed by atoms with Crippen molar-refractivity contribution < 1.29 is 4.42 Å². The lowest BCUT2D eigenvalue weighted by molar-refractivity contribution is 0.666. The van der Waals surface area contributed by atoms with Gasteiger partial charge in [-0.1, -0.05) is 226 Å². The number of rotatable bonds is 12. The van der Waals surface area contributed by atoms with Gasteiger partial charge in [0.05, 0.1) is 28.5 Å². The van der Waals surface area contributed by atoms with Crippen molar-refractivity contribution in [3.63, 3.8) is 0 Å². The summed E-state index contributed by atoms with van der Waals surface area (Å²) in [5.74, 6) is 0. The number of para-hydroxylation sites is 1. The molecule has 0 aliphatic carbocycles. The number of hydrogen-bond acceptors (Lipinski definition) is 2. The molecule has 0 saturated heterocycles. The van der Waals surface area contributed by atoms with Gasteiger partial charge in [-0.25, -0.2) is 0 Å². The average Bonchev–Trinajstić information content (AvgIpc) is 4.09. The number of benzene rings is 12. The molecule has 3 nitrogen and oxygen atoms in total. The van der Waals surface area contributed by atoms with Crippen molar-refractivity contribution >= 4 is 98.1 Å². The molecular formula is C74H52N2O. The van der Waals surface area contributed by atoms with Gasteiger partial charge in [0.25, 0.3) is 0 Å². The van der Waals surface area contributed by atoms with Crippen LogP contribution < -0.4 is 0 Å².